The summed E-state index contributed by atoms with van der Waals surface area (Å²) in [5, 5.41) is 3.36. The molecule has 2 atom stereocenters. The van der Waals surface area contributed by atoms with E-state index >= 15 is 0 Å². The Bertz CT molecular complexity index is 432. The molecule has 0 spiro atoms. The van der Waals surface area contributed by atoms with Crippen LogP contribution in [0.1, 0.15) is 44.7 Å². The maximum absolute atomic E-state index is 4.46. The lowest BCUT2D eigenvalue weighted by molar-refractivity contribution is 0.202. The van der Waals surface area contributed by atoms with Gasteiger partial charge in [0, 0.05) is 31.5 Å². The summed E-state index contributed by atoms with van der Waals surface area (Å²) >= 11 is 0. The fourth-order valence-electron chi connectivity index (χ4n) is 3.85. The molecule has 0 bridgehead atoms. The number of hydrogen-bond acceptors (Lipinski definition) is 3. The second-order valence-corrected chi connectivity index (χ2v) is 6.33. The number of hydrogen-bond donors (Lipinski definition) is 1. The van der Waals surface area contributed by atoms with Crippen LogP contribution in [-0.2, 0) is 6.54 Å². The van der Waals surface area contributed by atoms with Crippen LogP contribution in [0, 0.1) is 11.8 Å². The van der Waals surface area contributed by atoms with Crippen LogP contribution in [-0.4, -0.2) is 24.6 Å². The minimum Gasteiger partial charge on any atom is -0.371 e. The fraction of sp³-hybridized carbons (Fsp3) is 0.706. The molecule has 2 unspecified atom stereocenters. The van der Waals surface area contributed by atoms with Gasteiger partial charge in [-0.3, -0.25) is 4.98 Å². The number of nitrogens with zero attached hydrogens (tertiary/aromatic N) is 2. The van der Waals surface area contributed by atoms with E-state index in [0.29, 0.717) is 0 Å². The molecule has 0 radical (unpaired) electrons. The van der Waals surface area contributed by atoms with Crippen molar-refractivity contribution in [2.24, 2.45) is 11.8 Å². The largest absolute Gasteiger partial charge is 0.371 e. The van der Waals surface area contributed by atoms with Crippen molar-refractivity contribution < 1.29 is 0 Å². The summed E-state index contributed by atoms with van der Waals surface area (Å²) in [7, 11) is 0. The minimum absolute atomic E-state index is 0.879. The average Bonchev–Trinajstić information content (AvgIpc) is 2.53. The van der Waals surface area contributed by atoms with Crippen molar-refractivity contribution in [2.45, 2.75) is 45.6 Å². The maximum Gasteiger partial charge on any atom is 0.0562 e. The molecule has 0 amide bonds. The van der Waals surface area contributed by atoms with Crippen molar-refractivity contribution in [3.63, 3.8) is 0 Å². The molecule has 1 aliphatic heterocycles. The molecule has 1 aromatic rings. The van der Waals surface area contributed by atoms with E-state index in [0.717, 1.165) is 30.6 Å². The van der Waals surface area contributed by atoms with Crippen molar-refractivity contribution in [3.05, 3.63) is 24.0 Å². The summed E-state index contributed by atoms with van der Waals surface area (Å²) < 4.78 is 0. The Kier molecular flexibility index (Phi) is 4.56. The van der Waals surface area contributed by atoms with Gasteiger partial charge in [-0.05, 0) is 43.4 Å². The van der Waals surface area contributed by atoms with Gasteiger partial charge in [-0.2, -0.15) is 0 Å². The Balaban J connectivity index is 1.66. The summed E-state index contributed by atoms with van der Waals surface area (Å²) in [6.07, 6.45) is 9.17. The van der Waals surface area contributed by atoms with Crippen molar-refractivity contribution >= 4 is 5.69 Å². The Labute approximate surface area is 122 Å². The number of piperidine rings is 1. The van der Waals surface area contributed by atoms with Gasteiger partial charge in [0.25, 0.3) is 0 Å². The van der Waals surface area contributed by atoms with Gasteiger partial charge in [-0.1, -0.05) is 26.2 Å². The van der Waals surface area contributed by atoms with E-state index < -0.39 is 0 Å². The summed E-state index contributed by atoms with van der Waals surface area (Å²) in [6, 6.07) is 4.45. The van der Waals surface area contributed by atoms with Gasteiger partial charge in [-0.15, -0.1) is 0 Å². The van der Waals surface area contributed by atoms with Crippen LogP contribution < -0.4 is 10.2 Å². The highest BCUT2D eigenvalue weighted by molar-refractivity contribution is 5.47. The van der Waals surface area contributed by atoms with Gasteiger partial charge in [0.1, 0.15) is 0 Å². The quantitative estimate of drug-likeness (QED) is 0.913. The molecule has 2 heterocycles. The van der Waals surface area contributed by atoms with Crippen molar-refractivity contribution in [1.82, 2.24) is 10.3 Å². The topological polar surface area (TPSA) is 28.2 Å². The smallest absolute Gasteiger partial charge is 0.0562 e. The molecule has 110 valence electrons. The van der Waals surface area contributed by atoms with Crippen molar-refractivity contribution in [3.8, 4) is 0 Å². The van der Waals surface area contributed by atoms with E-state index in [9.17, 15) is 0 Å². The number of pyridine rings is 1. The molecule has 1 aromatic heterocycles. The Morgan fingerprint density at radius 2 is 2.10 bits per heavy atom. The molecular formula is C17H27N3. The van der Waals surface area contributed by atoms with Crippen molar-refractivity contribution in [2.75, 3.05) is 24.5 Å². The first-order chi connectivity index (χ1) is 9.86. The van der Waals surface area contributed by atoms with Crippen LogP contribution in [0.5, 0.6) is 0 Å². The normalized spacial score (nSPS) is 26.4. The van der Waals surface area contributed by atoms with Gasteiger partial charge in [0.15, 0.2) is 0 Å². The molecule has 3 heteroatoms. The SMILES string of the molecule is CCNCc1cc(N2CCC3CCCCC3C2)ccn1. The highest BCUT2D eigenvalue weighted by Crippen LogP contribution is 2.37. The minimum atomic E-state index is 0.879. The summed E-state index contributed by atoms with van der Waals surface area (Å²) in [4.78, 5) is 7.05. The molecule has 3 nitrogen and oxygen atoms in total. The van der Waals surface area contributed by atoms with Gasteiger partial charge >= 0.3 is 0 Å². The Hall–Kier alpha value is -1.09. The highest BCUT2D eigenvalue weighted by atomic mass is 15.1. The number of rotatable bonds is 4. The first-order valence-corrected chi connectivity index (χ1v) is 8.27. The zero-order chi connectivity index (χ0) is 13.8. The summed E-state index contributed by atoms with van der Waals surface area (Å²) in [6.45, 7) is 6.50. The van der Waals surface area contributed by atoms with Gasteiger partial charge in [-0.25, -0.2) is 0 Å². The fourth-order valence-corrected chi connectivity index (χ4v) is 3.85. The van der Waals surface area contributed by atoms with Crippen LogP contribution in [0.2, 0.25) is 0 Å². The molecule has 1 N–H and O–H groups in total. The van der Waals surface area contributed by atoms with Gasteiger partial charge in [0.05, 0.1) is 5.69 Å². The third-order valence-electron chi connectivity index (χ3n) is 5.01. The van der Waals surface area contributed by atoms with E-state index in [-0.39, 0.29) is 0 Å². The predicted octanol–water partition coefficient (Wildman–Crippen LogP) is 3.21. The van der Waals surface area contributed by atoms with E-state index in [4.69, 9.17) is 0 Å². The number of aromatic nitrogens is 1. The van der Waals surface area contributed by atoms with Crippen LogP contribution in [0.3, 0.4) is 0 Å². The first kappa shape index (κ1) is 13.9. The molecule has 1 saturated carbocycles. The number of anilines is 1. The van der Waals surface area contributed by atoms with E-state index in [1.807, 2.05) is 6.20 Å². The van der Waals surface area contributed by atoms with Crippen LogP contribution >= 0.6 is 0 Å². The van der Waals surface area contributed by atoms with Crippen LogP contribution in [0.15, 0.2) is 18.3 Å². The third kappa shape index (κ3) is 3.14. The first-order valence-electron chi connectivity index (χ1n) is 8.27. The zero-order valence-electron chi connectivity index (χ0n) is 12.6. The molecule has 2 aliphatic rings. The van der Waals surface area contributed by atoms with Crippen LogP contribution in [0.25, 0.3) is 0 Å². The molecular weight excluding hydrogens is 246 g/mol. The van der Waals surface area contributed by atoms with Gasteiger partial charge in [0.2, 0.25) is 0 Å². The summed E-state index contributed by atoms with van der Waals surface area (Å²) in [5.74, 6) is 1.94. The van der Waals surface area contributed by atoms with E-state index in [1.54, 1.807) is 0 Å². The van der Waals surface area contributed by atoms with Crippen LogP contribution in [0.4, 0.5) is 5.69 Å². The molecule has 3 rings (SSSR count). The maximum atomic E-state index is 4.46. The lowest BCUT2D eigenvalue weighted by Crippen LogP contribution is -2.41. The van der Waals surface area contributed by atoms with Crippen molar-refractivity contribution in [1.29, 1.82) is 0 Å². The molecule has 0 aromatic carbocycles. The Morgan fingerprint density at radius 3 is 2.95 bits per heavy atom. The molecule has 2 fully saturated rings. The molecule has 1 aliphatic carbocycles. The summed E-state index contributed by atoms with van der Waals surface area (Å²) in [5.41, 5.74) is 2.53. The lowest BCUT2D eigenvalue weighted by atomic mass is 9.75. The predicted molar refractivity (Wildman–Crippen MR) is 83.9 cm³/mol. The second-order valence-electron chi connectivity index (χ2n) is 6.33. The second kappa shape index (κ2) is 6.57. The van der Waals surface area contributed by atoms with E-state index in [1.165, 1.54) is 50.9 Å². The molecule has 1 saturated heterocycles. The standard InChI is InChI=1S/C17H27N3/c1-2-18-12-16-11-17(7-9-19-16)20-10-8-14-5-3-4-6-15(14)13-20/h7,9,11,14-15,18H,2-6,8,10,12-13H2,1H3. The molecule has 20 heavy (non-hydrogen) atoms. The van der Waals surface area contributed by atoms with Gasteiger partial charge < -0.3 is 10.2 Å². The number of fused-ring (bicyclic) bond motifs is 1. The average molecular weight is 273 g/mol. The van der Waals surface area contributed by atoms with E-state index in [2.05, 4.69) is 34.3 Å². The number of nitrogens with one attached hydrogen (secondary N) is 1. The zero-order valence-corrected chi connectivity index (χ0v) is 12.6. The third-order valence-corrected chi connectivity index (χ3v) is 5.01. The Morgan fingerprint density at radius 1 is 1.25 bits per heavy atom. The lowest BCUT2D eigenvalue weighted by Gasteiger charge is -2.42. The highest BCUT2D eigenvalue weighted by Gasteiger charge is 2.31. The monoisotopic (exact) mass is 273 g/mol.